The number of carbonyl (C=O) groups excluding carboxylic acids is 2. The first-order valence-corrected chi connectivity index (χ1v) is 10.5. The number of nitrogens with zero attached hydrogens (tertiary/aromatic N) is 2. The number of amides is 3. The Balaban J connectivity index is 1.39. The van der Waals surface area contributed by atoms with Crippen molar-refractivity contribution in [1.82, 2.24) is 15.6 Å². The van der Waals surface area contributed by atoms with Gasteiger partial charge in [-0.25, -0.2) is 9.18 Å². The number of aromatic nitrogens is 1. The van der Waals surface area contributed by atoms with Crippen LogP contribution in [0.5, 0.6) is 0 Å². The molecule has 0 spiro atoms. The molecule has 158 valence electrons. The fourth-order valence-electron chi connectivity index (χ4n) is 4.96. The van der Waals surface area contributed by atoms with Crippen LogP contribution in [0.15, 0.2) is 60.8 Å². The molecule has 1 aromatic heterocycles. The van der Waals surface area contributed by atoms with Gasteiger partial charge in [0.1, 0.15) is 11.4 Å². The third-order valence-corrected chi connectivity index (χ3v) is 6.52. The lowest BCUT2D eigenvalue weighted by Crippen LogP contribution is -2.57. The number of rotatable bonds is 4. The number of pyridine rings is 1. The molecule has 3 aromatic rings. The number of fused-ring (bicyclic) bond motifs is 1. The van der Waals surface area contributed by atoms with Crippen LogP contribution in [0.2, 0.25) is 0 Å². The van der Waals surface area contributed by atoms with Crippen LogP contribution in [0.25, 0.3) is 10.9 Å². The molecule has 2 aliphatic heterocycles. The number of anilines is 1. The second-order valence-corrected chi connectivity index (χ2v) is 8.29. The molecular formula is C24H23FN4O2. The van der Waals surface area contributed by atoms with Gasteiger partial charge in [-0.2, -0.15) is 0 Å². The van der Waals surface area contributed by atoms with E-state index in [-0.39, 0.29) is 17.6 Å². The van der Waals surface area contributed by atoms with E-state index in [1.54, 1.807) is 12.1 Å². The Hall–Kier alpha value is -3.48. The average molecular weight is 418 g/mol. The Bertz CT molecular complexity index is 1140. The zero-order chi connectivity index (χ0) is 21.4. The molecule has 1 atom stereocenters. The molecule has 7 heteroatoms. The van der Waals surface area contributed by atoms with Crippen molar-refractivity contribution >= 4 is 28.5 Å². The molecule has 0 aliphatic carbocycles. The van der Waals surface area contributed by atoms with E-state index in [1.807, 2.05) is 30.5 Å². The van der Waals surface area contributed by atoms with Gasteiger partial charge in [0.15, 0.2) is 0 Å². The van der Waals surface area contributed by atoms with Crippen LogP contribution >= 0.6 is 0 Å². The Labute approximate surface area is 179 Å². The number of halogens is 1. The van der Waals surface area contributed by atoms with Crippen molar-refractivity contribution in [3.63, 3.8) is 0 Å². The van der Waals surface area contributed by atoms with E-state index in [4.69, 9.17) is 0 Å². The molecule has 0 radical (unpaired) electrons. The number of hydrogen-bond acceptors (Lipinski definition) is 4. The summed E-state index contributed by atoms with van der Waals surface area (Å²) >= 11 is 0. The van der Waals surface area contributed by atoms with Crippen molar-refractivity contribution in [3.8, 4) is 0 Å². The van der Waals surface area contributed by atoms with Crippen LogP contribution in [0.1, 0.15) is 18.4 Å². The van der Waals surface area contributed by atoms with Gasteiger partial charge < -0.3 is 10.2 Å². The lowest BCUT2D eigenvalue weighted by Gasteiger charge is -2.41. The largest absolute Gasteiger partial charge is 0.371 e. The number of hydrogen-bond donors (Lipinski definition) is 2. The fourth-order valence-corrected chi connectivity index (χ4v) is 4.96. The number of piperidine rings is 1. The minimum atomic E-state index is -1.01. The van der Waals surface area contributed by atoms with Crippen LogP contribution in [0.4, 0.5) is 14.9 Å². The van der Waals surface area contributed by atoms with Crippen molar-refractivity contribution in [2.75, 3.05) is 18.0 Å². The number of para-hydroxylation sites is 1. The van der Waals surface area contributed by atoms with Crippen LogP contribution in [0.3, 0.4) is 0 Å². The van der Waals surface area contributed by atoms with Gasteiger partial charge in [-0.1, -0.05) is 30.3 Å². The smallest absolute Gasteiger partial charge is 0.322 e. The number of carbonyl (C=O) groups is 2. The predicted octanol–water partition coefficient (Wildman–Crippen LogP) is 3.41. The summed E-state index contributed by atoms with van der Waals surface area (Å²) in [5.41, 5.74) is 1.90. The molecule has 2 N–H and O–H groups in total. The summed E-state index contributed by atoms with van der Waals surface area (Å²) in [6.45, 7) is 1.54. The van der Waals surface area contributed by atoms with Crippen molar-refractivity contribution < 1.29 is 14.0 Å². The van der Waals surface area contributed by atoms with E-state index >= 15 is 0 Å². The fraction of sp³-hybridized carbons (Fsp3) is 0.292. The zero-order valence-corrected chi connectivity index (χ0v) is 17.0. The molecular weight excluding hydrogens is 395 g/mol. The first-order valence-electron chi connectivity index (χ1n) is 10.5. The summed E-state index contributed by atoms with van der Waals surface area (Å²) in [7, 11) is 0. The Morgan fingerprint density at radius 3 is 2.48 bits per heavy atom. The Morgan fingerprint density at radius 2 is 1.77 bits per heavy atom. The second-order valence-electron chi connectivity index (χ2n) is 8.29. The van der Waals surface area contributed by atoms with Gasteiger partial charge in [0.25, 0.3) is 5.91 Å². The molecule has 0 unspecified atom stereocenters. The van der Waals surface area contributed by atoms with Gasteiger partial charge in [0, 0.05) is 36.8 Å². The zero-order valence-electron chi connectivity index (χ0n) is 17.0. The minimum absolute atomic E-state index is 0.0200. The summed E-state index contributed by atoms with van der Waals surface area (Å²) in [5.74, 6) is -0.640. The molecule has 2 aromatic carbocycles. The highest BCUT2D eigenvalue weighted by atomic mass is 19.1. The van der Waals surface area contributed by atoms with Crippen LogP contribution < -0.4 is 15.5 Å². The summed E-state index contributed by atoms with van der Waals surface area (Å²) in [5, 5.41) is 6.44. The maximum Gasteiger partial charge on any atom is 0.322 e. The highest BCUT2D eigenvalue weighted by molar-refractivity contribution is 6.07. The average Bonchev–Trinajstić information content (AvgIpc) is 3.08. The maximum atomic E-state index is 13.3. The minimum Gasteiger partial charge on any atom is -0.371 e. The molecule has 0 saturated carbocycles. The van der Waals surface area contributed by atoms with E-state index < -0.39 is 11.6 Å². The summed E-state index contributed by atoms with van der Waals surface area (Å²) in [6, 6.07) is 15.7. The molecule has 3 heterocycles. The van der Waals surface area contributed by atoms with Crippen molar-refractivity contribution in [2.45, 2.75) is 24.8 Å². The molecule has 31 heavy (non-hydrogen) atoms. The van der Waals surface area contributed by atoms with Crippen molar-refractivity contribution in [3.05, 3.63) is 72.2 Å². The first-order chi connectivity index (χ1) is 15.0. The van der Waals surface area contributed by atoms with E-state index in [1.165, 1.54) is 12.1 Å². The van der Waals surface area contributed by atoms with Gasteiger partial charge in [-0.05, 0) is 48.6 Å². The molecule has 2 saturated heterocycles. The third kappa shape index (κ3) is 3.50. The predicted molar refractivity (Wildman–Crippen MR) is 116 cm³/mol. The van der Waals surface area contributed by atoms with Crippen LogP contribution in [0, 0.1) is 11.7 Å². The second kappa shape index (κ2) is 7.65. The van der Waals surface area contributed by atoms with E-state index in [0.717, 1.165) is 48.1 Å². The number of nitrogens with one attached hydrogen (secondary N) is 2. The van der Waals surface area contributed by atoms with Crippen LogP contribution in [-0.2, 0) is 11.2 Å². The molecule has 0 bridgehead atoms. The Kier molecular flexibility index (Phi) is 4.81. The van der Waals surface area contributed by atoms with Gasteiger partial charge >= 0.3 is 6.03 Å². The van der Waals surface area contributed by atoms with Crippen molar-refractivity contribution in [1.29, 1.82) is 0 Å². The quantitative estimate of drug-likeness (QED) is 0.637. The van der Waals surface area contributed by atoms with Gasteiger partial charge in [-0.15, -0.1) is 0 Å². The molecule has 3 amide bonds. The summed E-state index contributed by atoms with van der Waals surface area (Å²) < 4.78 is 13.3. The monoisotopic (exact) mass is 418 g/mol. The number of urea groups is 1. The SMILES string of the molecule is O=C1NC(=O)[C@](Cc2ccc(F)cc2)(C2CCN(c3ccnc4ccccc34)CC2)N1. The van der Waals surface area contributed by atoms with Gasteiger partial charge in [-0.3, -0.25) is 15.1 Å². The highest BCUT2D eigenvalue weighted by Crippen LogP contribution is 2.36. The lowest BCUT2D eigenvalue weighted by molar-refractivity contribution is -0.126. The standard InChI is InChI=1S/C24H23FN4O2/c25-18-7-5-16(6-8-18)15-24(22(30)27-23(31)28-24)17-10-13-29(14-11-17)21-9-12-26-20-4-2-1-3-19(20)21/h1-9,12,17H,10-11,13-15H2,(H2,27,28,30,31)/t24-/m0/s1. The number of benzene rings is 2. The summed E-state index contributed by atoms with van der Waals surface area (Å²) in [6.07, 6.45) is 3.68. The molecule has 2 fully saturated rings. The normalized spacial score (nSPS) is 21.9. The maximum absolute atomic E-state index is 13.3. The number of imide groups is 1. The van der Waals surface area contributed by atoms with Gasteiger partial charge in [0.2, 0.25) is 0 Å². The highest BCUT2D eigenvalue weighted by Gasteiger charge is 2.52. The summed E-state index contributed by atoms with van der Waals surface area (Å²) in [4.78, 5) is 31.7. The van der Waals surface area contributed by atoms with E-state index in [2.05, 4.69) is 26.6 Å². The third-order valence-electron chi connectivity index (χ3n) is 6.52. The van der Waals surface area contributed by atoms with Gasteiger partial charge in [0.05, 0.1) is 5.52 Å². The van der Waals surface area contributed by atoms with Crippen LogP contribution in [-0.4, -0.2) is 35.6 Å². The van der Waals surface area contributed by atoms with Crippen molar-refractivity contribution in [2.24, 2.45) is 5.92 Å². The first kappa shape index (κ1) is 19.5. The molecule has 6 nitrogen and oxygen atoms in total. The molecule has 2 aliphatic rings. The lowest BCUT2D eigenvalue weighted by atomic mass is 9.74. The Morgan fingerprint density at radius 1 is 1.03 bits per heavy atom. The topological polar surface area (TPSA) is 74.3 Å². The van der Waals surface area contributed by atoms with E-state index in [0.29, 0.717) is 6.42 Å². The van der Waals surface area contributed by atoms with E-state index in [9.17, 15) is 14.0 Å². The molecule has 5 rings (SSSR count).